The van der Waals surface area contributed by atoms with Crippen molar-refractivity contribution in [3.8, 4) is 0 Å². The van der Waals surface area contributed by atoms with Gasteiger partial charge in [0.25, 0.3) is 0 Å². The molecule has 0 aliphatic heterocycles. The molecule has 0 aromatic rings. The first kappa shape index (κ1) is 17.3. The lowest BCUT2D eigenvalue weighted by Gasteiger charge is -2.21. The van der Waals surface area contributed by atoms with Crippen LogP contribution in [0.2, 0.25) is 0 Å². The lowest BCUT2D eigenvalue weighted by atomic mass is 10.0. The molecule has 0 radical (unpaired) electrons. The van der Waals surface area contributed by atoms with E-state index in [1.807, 2.05) is 27.7 Å². The summed E-state index contributed by atoms with van der Waals surface area (Å²) < 4.78 is 0. The van der Waals surface area contributed by atoms with E-state index < -0.39 is 0 Å². The minimum Gasteiger partial charge on any atom is -0.302 e. The predicted octanol–water partition coefficient (Wildman–Crippen LogP) is 2.93. The predicted molar refractivity (Wildman–Crippen MR) is 75.7 cm³/mol. The number of hydrogen-bond acceptors (Lipinski definition) is 3. The molecule has 0 spiro atoms. The van der Waals surface area contributed by atoms with Crippen LogP contribution in [0.4, 0.5) is 0 Å². The van der Waals surface area contributed by atoms with Crippen LogP contribution in [0, 0.1) is 11.8 Å². The van der Waals surface area contributed by atoms with Gasteiger partial charge in [0, 0.05) is 37.8 Å². The Labute approximate surface area is 112 Å². The number of rotatable bonds is 10. The van der Waals surface area contributed by atoms with Gasteiger partial charge < -0.3 is 4.90 Å². The summed E-state index contributed by atoms with van der Waals surface area (Å²) in [5, 5.41) is 0. The standard InChI is InChI=1S/C15H29NO2/c1-6-9-16(10-7-14(17)12(2)3)11-8-15(18)13(4)5/h12-13H,6-11H2,1-5H3. The molecule has 0 aliphatic carbocycles. The van der Waals surface area contributed by atoms with E-state index in [9.17, 15) is 9.59 Å². The molecule has 0 unspecified atom stereocenters. The van der Waals surface area contributed by atoms with E-state index in [1.54, 1.807) is 0 Å². The summed E-state index contributed by atoms with van der Waals surface area (Å²) in [6.07, 6.45) is 2.27. The number of ketones is 2. The van der Waals surface area contributed by atoms with E-state index in [1.165, 1.54) is 0 Å². The summed E-state index contributed by atoms with van der Waals surface area (Å²) in [5.41, 5.74) is 0. The Kier molecular flexibility index (Phi) is 8.90. The number of nitrogens with zero attached hydrogens (tertiary/aromatic N) is 1. The SMILES string of the molecule is CCCN(CCC(=O)C(C)C)CCC(=O)C(C)C. The van der Waals surface area contributed by atoms with E-state index >= 15 is 0 Å². The number of carbonyl (C=O) groups is 2. The second-order valence-electron chi connectivity index (χ2n) is 5.58. The van der Waals surface area contributed by atoms with E-state index in [0.717, 1.165) is 26.1 Å². The Morgan fingerprint density at radius 1 is 0.833 bits per heavy atom. The van der Waals surface area contributed by atoms with Crippen LogP contribution in [0.15, 0.2) is 0 Å². The molecular formula is C15H29NO2. The van der Waals surface area contributed by atoms with Crippen LogP contribution in [0.1, 0.15) is 53.9 Å². The molecule has 106 valence electrons. The monoisotopic (exact) mass is 255 g/mol. The van der Waals surface area contributed by atoms with E-state index in [4.69, 9.17) is 0 Å². The Hall–Kier alpha value is -0.700. The molecule has 0 amide bonds. The van der Waals surface area contributed by atoms with Crippen LogP contribution in [-0.4, -0.2) is 36.1 Å². The van der Waals surface area contributed by atoms with Crippen molar-refractivity contribution in [1.29, 1.82) is 0 Å². The Balaban J connectivity index is 4.06. The van der Waals surface area contributed by atoms with Crippen molar-refractivity contribution in [3.05, 3.63) is 0 Å². The number of hydrogen-bond donors (Lipinski definition) is 0. The van der Waals surface area contributed by atoms with Crippen LogP contribution >= 0.6 is 0 Å². The Morgan fingerprint density at radius 3 is 1.50 bits per heavy atom. The van der Waals surface area contributed by atoms with Crippen LogP contribution in [-0.2, 0) is 9.59 Å². The minimum absolute atomic E-state index is 0.116. The highest BCUT2D eigenvalue weighted by molar-refractivity contribution is 5.81. The summed E-state index contributed by atoms with van der Waals surface area (Å²) in [6.45, 7) is 12.4. The van der Waals surface area contributed by atoms with Gasteiger partial charge in [-0.25, -0.2) is 0 Å². The van der Waals surface area contributed by atoms with Gasteiger partial charge in [-0.1, -0.05) is 34.6 Å². The summed E-state index contributed by atoms with van der Waals surface area (Å²) in [4.78, 5) is 25.4. The van der Waals surface area contributed by atoms with Crippen LogP contribution in [0.25, 0.3) is 0 Å². The second-order valence-corrected chi connectivity index (χ2v) is 5.58. The van der Waals surface area contributed by atoms with E-state index in [2.05, 4.69) is 11.8 Å². The van der Waals surface area contributed by atoms with Gasteiger partial charge in [0.2, 0.25) is 0 Å². The fourth-order valence-electron chi connectivity index (χ4n) is 1.77. The Morgan fingerprint density at radius 2 is 1.22 bits per heavy atom. The van der Waals surface area contributed by atoms with Crippen LogP contribution in [0.3, 0.4) is 0 Å². The summed E-state index contributed by atoms with van der Waals surface area (Å²) in [6, 6.07) is 0. The Bertz CT molecular complexity index is 235. The van der Waals surface area contributed by atoms with E-state index in [-0.39, 0.29) is 11.8 Å². The van der Waals surface area contributed by atoms with Crippen molar-refractivity contribution in [2.75, 3.05) is 19.6 Å². The molecule has 0 saturated heterocycles. The van der Waals surface area contributed by atoms with Crippen molar-refractivity contribution >= 4 is 11.6 Å². The van der Waals surface area contributed by atoms with Gasteiger partial charge in [-0.05, 0) is 13.0 Å². The third kappa shape index (κ3) is 7.59. The maximum atomic E-state index is 11.6. The van der Waals surface area contributed by atoms with Gasteiger partial charge in [0.15, 0.2) is 0 Å². The van der Waals surface area contributed by atoms with Crippen molar-refractivity contribution in [2.24, 2.45) is 11.8 Å². The molecule has 18 heavy (non-hydrogen) atoms. The van der Waals surface area contributed by atoms with Crippen LogP contribution in [0.5, 0.6) is 0 Å². The molecule has 0 atom stereocenters. The summed E-state index contributed by atoms with van der Waals surface area (Å²) >= 11 is 0. The fourth-order valence-corrected chi connectivity index (χ4v) is 1.77. The molecule has 0 aliphatic rings. The first-order chi connectivity index (χ1) is 8.38. The maximum Gasteiger partial charge on any atom is 0.136 e. The maximum absolute atomic E-state index is 11.6. The third-order valence-corrected chi connectivity index (χ3v) is 3.18. The molecule has 0 bridgehead atoms. The van der Waals surface area contributed by atoms with Crippen molar-refractivity contribution in [2.45, 2.75) is 53.9 Å². The molecule has 0 aromatic carbocycles. The molecule has 0 fully saturated rings. The van der Waals surface area contributed by atoms with Gasteiger partial charge in [-0.15, -0.1) is 0 Å². The molecule has 3 heteroatoms. The van der Waals surface area contributed by atoms with Gasteiger partial charge in [-0.3, -0.25) is 9.59 Å². The number of Topliss-reactive ketones (excluding diaryl/α,β-unsaturated/α-hetero) is 2. The smallest absolute Gasteiger partial charge is 0.136 e. The number of carbonyl (C=O) groups excluding carboxylic acids is 2. The normalized spacial score (nSPS) is 11.6. The van der Waals surface area contributed by atoms with Gasteiger partial charge >= 0.3 is 0 Å². The first-order valence-corrected chi connectivity index (χ1v) is 7.16. The first-order valence-electron chi connectivity index (χ1n) is 7.16. The van der Waals surface area contributed by atoms with Crippen LogP contribution < -0.4 is 0 Å². The molecular weight excluding hydrogens is 226 g/mol. The molecule has 3 nitrogen and oxygen atoms in total. The highest BCUT2D eigenvalue weighted by Gasteiger charge is 2.13. The molecule has 0 rings (SSSR count). The summed E-state index contributed by atoms with van der Waals surface area (Å²) in [7, 11) is 0. The molecule has 0 N–H and O–H groups in total. The van der Waals surface area contributed by atoms with Gasteiger partial charge in [0.1, 0.15) is 11.6 Å². The zero-order valence-electron chi connectivity index (χ0n) is 12.7. The molecule has 0 saturated carbocycles. The lowest BCUT2D eigenvalue weighted by Crippen LogP contribution is -2.31. The quantitative estimate of drug-likeness (QED) is 0.602. The second kappa shape index (κ2) is 9.26. The zero-order valence-corrected chi connectivity index (χ0v) is 12.7. The third-order valence-electron chi connectivity index (χ3n) is 3.18. The highest BCUT2D eigenvalue weighted by Crippen LogP contribution is 2.05. The van der Waals surface area contributed by atoms with Crippen molar-refractivity contribution < 1.29 is 9.59 Å². The topological polar surface area (TPSA) is 37.4 Å². The molecule has 0 aromatic heterocycles. The average molecular weight is 255 g/mol. The fraction of sp³-hybridized carbons (Fsp3) is 0.867. The minimum atomic E-state index is 0.116. The van der Waals surface area contributed by atoms with Crippen molar-refractivity contribution in [3.63, 3.8) is 0 Å². The zero-order chi connectivity index (χ0) is 14.1. The lowest BCUT2D eigenvalue weighted by molar-refractivity contribution is -0.122. The van der Waals surface area contributed by atoms with Gasteiger partial charge in [0.05, 0.1) is 0 Å². The van der Waals surface area contributed by atoms with E-state index in [0.29, 0.717) is 24.4 Å². The largest absolute Gasteiger partial charge is 0.302 e. The average Bonchev–Trinajstić information content (AvgIpc) is 2.31. The molecule has 0 heterocycles. The highest BCUT2D eigenvalue weighted by atomic mass is 16.1. The van der Waals surface area contributed by atoms with Crippen molar-refractivity contribution in [1.82, 2.24) is 4.90 Å². The van der Waals surface area contributed by atoms with Gasteiger partial charge in [-0.2, -0.15) is 0 Å². The summed E-state index contributed by atoms with van der Waals surface area (Å²) in [5.74, 6) is 0.856.